The van der Waals surface area contributed by atoms with Gasteiger partial charge >= 0.3 is 5.97 Å². The fourth-order valence-corrected chi connectivity index (χ4v) is 1.71. The highest BCUT2D eigenvalue weighted by Gasteiger charge is 2.17. The molecular weight excluding hydrogens is 296 g/mol. The van der Waals surface area contributed by atoms with Crippen molar-refractivity contribution >= 4 is 23.9 Å². The van der Waals surface area contributed by atoms with E-state index in [-0.39, 0.29) is 5.70 Å². The first-order valence-electron chi connectivity index (χ1n) is 7.20. The molecule has 0 radical (unpaired) electrons. The van der Waals surface area contributed by atoms with Gasteiger partial charge in [0.1, 0.15) is 5.70 Å². The molecule has 2 N–H and O–H groups in total. The lowest BCUT2D eigenvalue weighted by Gasteiger charge is -2.20. The van der Waals surface area contributed by atoms with Gasteiger partial charge in [-0.15, -0.1) is 0 Å². The van der Waals surface area contributed by atoms with Crippen LogP contribution < -0.4 is 10.6 Å². The number of amides is 2. The Morgan fingerprint density at radius 3 is 2.26 bits per heavy atom. The van der Waals surface area contributed by atoms with E-state index < -0.39 is 29.9 Å². The van der Waals surface area contributed by atoms with Gasteiger partial charge in [-0.05, 0) is 32.4 Å². The Kier molecular flexibility index (Phi) is 6.50. The molecular formula is C17H22N2O4. The Balaban J connectivity index is 2.76. The fraction of sp³-hybridized carbons (Fsp3) is 0.353. The molecule has 0 aliphatic carbocycles. The lowest BCUT2D eigenvalue weighted by atomic mass is 10.1. The zero-order chi connectivity index (χ0) is 17.5. The highest BCUT2D eigenvalue weighted by Crippen LogP contribution is 2.06. The van der Waals surface area contributed by atoms with Crippen LogP contribution in [-0.4, -0.2) is 29.9 Å². The molecule has 6 nitrogen and oxygen atoms in total. The van der Waals surface area contributed by atoms with Gasteiger partial charge in [0.05, 0.1) is 0 Å². The summed E-state index contributed by atoms with van der Waals surface area (Å²) in [6.45, 7) is 6.35. The molecule has 0 unspecified atom stereocenters. The van der Waals surface area contributed by atoms with Crippen molar-refractivity contribution in [2.75, 3.05) is 6.61 Å². The summed E-state index contributed by atoms with van der Waals surface area (Å²) in [5, 5.41) is 5.10. The Labute approximate surface area is 135 Å². The van der Waals surface area contributed by atoms with Crippen molar-refractivity contribution in [2.45, 2.75) is 33.2 Å². The maximum atomic E-state index is 12.1. The van der Waals surface area contributed by atoms with Crippen LogP contribution in [0.25, 0.3) is 6.08 Å². The number of ether oxygens (including phenoxy) is 1. The van der Waals surface area contributed by atoms with E-state index in [0.29, 0.717) is 0 Å². The molecule has 0 aliphatic rings. The van der Waals surface area contributed by atoms with E-state index in [0.717, 1.165) is 5.56 Å². The van der Waals surface area contributed by atoms with E-state index in [4.69, 9.17) is 4.74 Å². The van der Waals surface area contributed by atoms with Crippen molar-refractivity contribution < 1.29 is 19.1 Å². The van der Waals surface area contributed by atoms with Crippen LogP contribution in [0.15, 0.2) is 36.0 Å². The molecule has 0 fully saturated rings. The minimum absolute atomic E-state index is 0.0211. The maximum Gasteiger partial charge on any atom is 0.355 e. The number of nitrogens with one attached hydrogen (secondary N) is 2. The molecule has 0 atom stereocenters. The molecule has 1 rings (SSSR count). The number of rotatable bonds is 5. The number of benzene rings is 1. The molecule has 1 aromatic carbocycles. The number of hydrogen-bond donors (Lipinski definition) is 2. The quantitative estimate of drug-likeness (QED) is 0.638. The van der Waals surface area contributed by atoms with Crippen LogP contribution in [0.5, 0.6) is 0 Å². The SMILES string of the molecule is CC(=O)N/C(=C\c1ccccc1)C(=O)OCC(=O)NC(C)(C)C. The van der Waals surface area contributed by atoms with Crippen LogP contribution in [0.3, 0.4) is 0 Å². The minimum atomic E-state index is -0.770. The van der Waals surface area contributed by atoms with E-state index in [9.17, 15) is 14.4 Å². The summed E-state index contributed by atoms with van der Waals surface area (Å²) in [4.78, 5) is 35.0. The van der Waals surface area contributed by atoms with Crippen LogP contribution >= 0.6 is 0 Å². The molecule has 1 aromatic rings. The van der Waals surface area contributed by atoms with Crippen LogP contribution in [0, 0.1) is 0 Å². The summed E-state index contributed by atoms with van der Waals surface area (Å²) in [6, 6.07) is 9.01. The van der Waals surface area contributed by atoms with Crippen LogP contribution in [0.2, 0.25) is 0 Å². The first-order chi connectivity index (χ1) is 10.7. The van der Waals surface area contributed by atoms with E-state index in [2.05, 4.69) is 10.6 Å². The molecule has 2 amide bonds. The summed E-state index contributed by atoms with van der Waals surface area (Å²) >= 11 is 0. The van der Waals surface area contributed by atoms with Crippen molar-refractivity contribution in [1.29, 1.82) is 0 Å². The largest absolute Gasteiger partial charge is 0.451 e. The summed E-state index contributed by atoms with van der Waals surface area (Å²) in [5.41, 5.74) is 0.295. The molecule has 0 aliphatic heterocycles. The van der Waals surface area contributed by atoms with Gasteiger partial charge < -0.3 is 15.4 Å². The molecule has 0 saturated carbocycles. The second-order valence-corrected chi connectivity index (χ2v) is 6.02. The van der Waals surface area contributed by atoms with Gasteiger partial charge in [0.2, 0.25) is 5.91 Å². The Hall–Kier alpha value is -2.63. The highest BCUT2D eigenvalue weighted by atomic mass is 16.5. The number of esters is 1. The third kappa shape index (κ3) is 7.80. The molecule has 0 bridgehead atoms. The summed E-state index contributed by atoms with van der Waals surface area (Å²) in [7, 11) is 0. The zero-order valence-corrected chi connectivity index (χ0v) is 13.8. The van der Waals surface area contributed by atoms with Gasteiger partial charge in [-0.2, -0.15) is 0 Å². The van der Waals surface area contributed by atoms with Crippen LogP contribution in [-0.2, 0) is 19.1 Å². The second-order valence-electron chi connectivity index (χ2n) is 6.02. The highest BCUT2D eigenvalue weighted by molar-refractivity contribution is 5.98. The van der Waals surface area contributed by atoms with Gasteiger partial charge in [-0.25, -0.2) is 4.79 Å². The van der Waals surface area contributed by atoms with E-state index >= 15 is 0 Å². The first kappa shape index (κ1) is 18.4. The number of hydrogen-bond acceptors (Lipinski definition) is 4. The second kappa shape index (κ2) is 8.12. The lowest BCUT2D eigenvalue weighted by Crippen LogP contribution is -2.43. The van der Waals surface area contributed by atoms with Gasteiger partial charge in [0, 0.05) is 12.5 Å². The normalized spacial score (nSPS) is 11.6. The van der Waals surface area contributed by atoms with Gasteiger partial charge in [0.25, 0.3) is 5.91 Å². The third-order valence-electron chi connectivity index (χ3n) is 2.49. The molecule has 0 spiro atoms. The fourth-order valence-electron chi connectivity index (χ4n) is 1.71. The van der Waals surface area contributed by atoms with Crippen molar-refractivity contribution in [3.05, 3.63) is 41.6 Å². The van der Waals surface area contributed by atoms with Crippen molar-refractivity contribution in [3.8, 4) is 0 Å². The predicted octanol–water partition coefficient (Wildman–Crippen LogP) is 1.62. The molecule has 0 saturated heterocycles. The Morgan fingerprint density at radius 2 is 1.74 bits per heavy atom. The first-order valence-corrected chi connectivity index (χ1v) is 7.20. The van der Waals surface area contributed by atoms with Crippen molar-refractivity contribution in [2.24, 2.45) is 0 Å². The van der Waals surface area contributed by atoms with Crippen LogP contribution in [0.4, 0.5) is 0 Å². The van der Waals surface area contributed by atoms with Gasteiger partial charge in [-0.3, -0.25) is 9.59 Å². The third-order valence-corrected chi connectivity index (χ3v) is 2.49. The summed E-state index contributed by atoms with van der Waals surface area (Å²) in [6.07, 6.45) is 1.49. The van der Waals surface area contributed by atoms with E-state index in [1.807, 2.05) is 26.8 Å². The van der Waals surface area contributed by atoms with Crippen molar-refractivity contribution in [1.82, 2.24) is 10.6 Å². The number of carbonyl (C=O) groups is 3. The average molecular weight is 318 g/mol. The predicted molar refractivity (Wildman–Crippen MR) is 87.1 cm³/mol. The topological polar surface area (TPSA) is 84.5 Å². The van der Waals surface area contributed by atoms with Gasteiger partial charge in [-0.1, -0.05) is 30.3 Å². The smallest absolute Gasteiger partial charge is 0.355 e. The average Bonchev–Trinajstić information content (AvgIpc) is 2.43. The zero-order valence-electron chi connectivity index (χ0n) is 13.8. The molecule has 23 heavy (non-hydrogen) atoms. The summed E-state index contributed by atoms with van der Waals surface area (Å²) < 4.78 is 4.95. The monoisotopic (exact) mass is 318 g/mol. The molecule has 6 heteroatoms. The minimum Gasteiger partial charge on any atom is -0.451 e. The van der Waals surface area contributed by atoms with E-state index in [1.165, 1.54) is 13.0 Å². The molecule has 0 aromatic heterocycles. The van der Waals surface area contributed by atoms with E-state index in [1.54, 1.807) is 24.3 Å². The molecule has 124 valence electrons. The molecule has 0 heterocycles. The van der Waals surface area contributed by atoms with Crippen LogP contribution in [0.1, 0.15) is 33.3 Å². The van der Waals surface area contributed by atoms with Crippen molar-refractivity contribution in [3.63, 3.8) is 0 Å². The standard InChI is InChI=1S/C17H22N2O4/c1-12(20)18-14(10-13-8-6-5-7-9-13)16(22)23-11-15(21)19-17(2,3)4/h5-10H,11H2,1-4H3,(H,18,20)(H,19,21)/b14-10-. The Bertz CT molecular complexity index is 601. The maximum absolute atomic E-state index is 12.1. The van der Waals surface area contributed by atoms with Gasteiger partial charge in [0.15, 0.2) is 6.61 Å². The Morgan fingerprint density at radius 1 is 1.13 bits per heavy atom. The summed E-state index contributed by atoms with van der Waals surface area (Å²) in [5.74, 6) is -1.58. The lowest BCUT2D eigenvalue weighted by molar-refractivity contribution is -0.146. The number of carbonyl (C=O) groups excluding carboxylic acids is 3.